The Morgan fingerprint density at radius 1 is 1.29 bits per heavy atom. The minimum Gasteiger partial charge on any atom is -0.300 e. The van der Waals surface area contributed by atoms with E-state index in [0.29, 0.717) is 15.8 Å². The van der Waals surface area contributed by atoms with Crippen LogP contribution in [0.3, 0.4) is 0 Å². The minimum absolute atomic E-state index is 0.000561. The van der Waals surface area contributed by atoms with Crippen molar-refractivity contribution in [3.63, 3.8) is 0 Å². The number of aryl methyl sites for hydroxylation is 1. The number of nitrogens with zero attached hydrogens (tertiary/aromatic N) is 2. The van der Waals surface area contributed by atoms with Crippen molar-refractivity contribution in [2.45, 2.75) is 13.3 Å². The van der Waals surface area contributed by atoms with Crippen molar-refractivity contribution in [2.24, 2.45) is 14.1 Å². The lowest BCUT2D eigenvalue weighted by Crippen LogP contribution is -2.36. The number of carbonyl (C=O) groups is 1. The molecular weight excluding hydrogens is 240 g/mol. The quantitative estimate of drug-likeness (QED) is 0.778. The Balaban J connectivity index is 2.90. The molecule has 0 aliphatic carbocycles. The topological polar surface area (TPSA) is 61.1 Å². The second-order valence-electron chi connectivity index (χ2n) is 4.03. The van der Waals surface area contributed by atoms with Gasteiger partial charge < -0.3 is 0 Å². The van der Waals surface area contributed by atoms with E-state index in [4.69, 9.17) is 0 Å². The van der Waals surface area contributed by atoms with Crippen LogP contribution in [0.1, 0.15) is 12.5 Å². The summed E-state index contributed by atoms with van der Waals surface area (Å²) in [6.07, 6.45) is 0.230. The molecule has 5 nitrogen and oxygen atoms in total. The zero-order valence-corrected chi connectivity index (χ0v) is 10.6. The molecule has 0 spiro atoms. The van der Waals surface area contributed by atoms with Gasteiger partial charge in [0.15, 0.2) is 0 Å². The van der Waals surface area contributed by atoms with Gasteiger partial charge in [0.2, 0.25) is 0 Å². The molecule has 0 bridgehead atoms. The van der Waals surface area contributed by atoms with Crippen molar-refractivity contribution >= 4 is 27.3 Å². The van der Waals surface area contributed by atoms with Gasteiger partial charge in [-0.05, 0) is 17.9 Å². The van der Waals surface area contributed by atoms with E-state index in [1.165, 1.54) is 29.9 Å². The second kappa shape index (κ2) is 3.96. The Labute approximate surface area is 101 Å². The zero-order chi connectivity index (χ0) is 12.7. The fourth-order valence-electron chi connectivity index (χ4n) is 1.82. The van der Waals surface area contributed by atoms with E-state index in [0.717, 1.165) is 4.57 Å². The van der Waals surface area contributed by atoms with E-state index in [1.54, 1.807) is 12.4 Å². The lowest BCUT2D eigenvalue weighted by atomic mass is 10.1. The summed E-state index contributed by atoms with van der Waals surface area (Å²) >= 11 is 1.32. The average Bonchev–Trinajstić information content (AvgIpc) is 2.66. The number of ketones is 1. The minimum atomic E-state index is -0.348. The largest absolute Gasteiger partial charge is 0.331 e. The van der Waals surface area contributed by atoms with Crippen molar-refractivity contribution in [1.29, 1.82) is 0 Å². The molecule has 6 heteroatoms. The SMILES string of the molecule is CC(=O)Cc1csc2c1c(=O)n(C)c(=O)n2C. The van der Waals surface area contributed by atoms with E-state index in [1.807, 2.05) is 0 Å². The fraction of sp³-hybridized carbons (Fsp3) is 0.364. The second-order valence-corrected chi connectivity index (χ2v) is 4.88. The van der Waals surface area contributed by atoms with Crippen molar-refractivity contribution < 1.29 is 4.79 Å². The van der Waals surface area contributed by atoms with Crippen LogP contribution >= 0.6 is 11.3 Å². The Morgan fingerprint density at radius 3 is 2.53 bits per heavy atom. The maximum absolute atomic E-state index is 12.0. The van der Waals surface area contributed by atoms with Crippen LogP contribution in [-0.4, -0.2) is 14.9 Å². The monoisotopic (exact) mass is 252 g/mol. The molecule has 2 heterocycles. The standard InChI is InChI=1S/C11H12N2O3S/c1-6(14)4-7-5-17-10-8(7)9(15)12(2)11(16)13(10)3/h5H,4H2,1-3H3. The summed E-state index contributed by atoms with van der Waals surface area (Å²) in [6, 6.07) is 0. The summed E-state index contributed by atoms with van der Waals surface area (Å²) in [7, 11) is 3.07. The van der Waals surface area contributed by atoms with Crippen molar-refractivity contribution in [1.82, 2.24) is 9.13 Å². The molecule has 17 heavy (non-hydrogen) atoms. The first-order valence-electron chi connectivity index (χ1n) is 5.09. The van der Waals surface area contributed by atoms with Crippen LogP contribution in [0.15, 0.2) is 15.0 Å². The first-order valence-corrected chi connectivity index (χ1v) is 5.97. The van der Waals surface area contributed by atoms with Gasteiger partial charge in [0.05, 0.1) is 5.39 Å². The summed E-state index contributed by atoms with van der Waals surface area (Å²) in [6.45, 7) is 1.48. The molecule has 0 fully saturated rings. The molecule has 0 amide bonds. The van der Waals surface area contributed by atoms with Crippen molar-refractivity contribution in [2.75, 3.05) is 0 Å². The number of aromatic nitrogens is 2. The predicted molar refractivity (Wildman–Crippen MR) is 66.7 cm³/mol. The molecular formula is C11H12N2O3S. The van der Waals surface area contributed by atoms with E-state index in [2.05, 4.69) is 0 Å². The van der Waals surface area contributed by atoms with Gasteiger partial charge in [-0.2, -0.15) is 0 Å². The highest BCUT2D eigenvalue weighted by atomic mass is 32.1. The van der Waals surface area contributed by atoms with Gasteiger partial charge in [0.1, 0.15) is 10.6 Å². The van der Waals surface area contributed by atoms with Gasteiger partial charge in [0.25, 0.3) is 5.56 Å². The molecule has 0 N–H and O–H groups in total. The third kappa shape index (κ3) is 1.74. The maximum atomic E-state index is 12.0. The van der Waals surface area contributed by atoms with E-state index in [9.17, 15) is 14.4 Å². The third-order valence-electron chi connectivity index (χ3n) is 2.68. The van der Waals surface area contributed by atoms with E-state index < -0.39 is 0 Å². The Kier molecular flexibility index (Phi) is 2.74. The molecule has 0 aliphatic heterocycles. The molecule has 0 aliphatic rings. The summed E-state index contributed by atoms with van der Waals surface area (Å²) in [5.74, 6) is 0.000561. The van der Waals surface area contributed by atoms with Crippen LogP contribution in [0.25, 0.3) is 10.2 Å². The van der Waals surface area contributed by atoms with E-state index >= 15 is 0 Å². The Hall–Kier alpha value is -1.69. The summed E-state index contributed by atoms with van der Waals surface area (Å²) < 4.78 is 2.50. The van der Waals surface area contributed by atoms with Crippen LogP contribution in [0, 0.1) is 0 Å². The number of carbonyl (C=O) groups excluding carboxylic acids is 1. The lowest BCUT2D eigenvalue weighted by Gasteiger charge is -2.03. The van der Waals surface area contributed by atoms with Crippen LogP contribution in [0.4, 0.5) is 0 Å². The Bertz CT molecular complexity index is 721. The highest BCUT2D eigenvalue weighted by Crippen LogP contribution is 2.21. The van der Waals surface area contributed by atoms with Gasteiger partial charge in [-0.15, -0.1) is 11.3 Å². The normalized spacial score (nSPS) is 11.0. The summed E-state index contributed by atoms with van der Waals surface area (Å²) in [4.78, 5) is 35.5. The molecule has 0 atom stereocenters. The molecule has 2 aromatic heterocycles. The van der Waals surface area contributed by atoms with Crippen molar-refractivity contribution in [3.8, 4) is 0 Å². The van der Waals surface area contributed by atoms with Crippen LogP contribution in [0.2, 0.25) is 0 Å². The molecule has 90 valence electrons. The smallest absolute Gasteiger partial charge is 0.300 e. The molecule has 2 rings (SSSR count). The first kappa shape index (κ1) is 11.8. The Morgan fingerprint density at radius 2 is 1.94 bits per heavy atom. The van der Waals surface area contributed by atoms with Crippen LogP contribution in [-0.2, 0) is 25.3 Å². The number of thiophene rings is 1. The first-order chi connectivity index (χ1) is 7.93. The van der Waals surface area contributed by atoms with Crippen molar-refractivity contribution in [3.05, 3.63) is 31.8 Å². The van der Waals surface area contributed by atoms with Crippen LogP contribution < -0.4 is 11.2 Å². The number of hydrogen-bond donors (Lipinski definition) is 0. The molecule has 0 unspecified atom stereocenters. The highest BCUT2D eigenvalue weighted by molar-refractivity contribution is 7.17. The zero-order valence-electron chi connectivity index (χ0n) is 9.81. The number of rotatable bonds is 2. The van der Waals surface area contributed by atoms with Gasteiger partial charge >= 0.3 is 5.69 Å². The molecule has 0 aromatic carbocycles. The lowest BCUT2D eigenvalue weighted by molar-refractivity contribution is -0.116. The van der Waals surface area contributed by atoms with E-state index in [-0.39, 0.29) is 23.5 Å². The van der Waals surface area contributed by atoms with Gasteiger partial charge in [-0.1, -0.05) is 0 Å². The molecule has 2 aromatic rings. The van der Waals surface area contributed by atoms with Gasteiger partial charge in [0, 0.05) is 20.5 Å². The average molecular weight is 252 g/mol. The fourth-order valence-corrected chi connectivity index (χ4v) is 2.85. The summed E-state index contributed by atoms with van der Waals surface area (Å²) in [5, 5.41) is 2.25. The molecule has 0 radical (unpaired) electrons. The van der Waals surface area contributed by atoms with Crippen LogP contribution in [0.5, 0.6) is 0 Å². The molecule has 0 saturated carbocycles. The maximum Gasteiger partial charge on any atom is 0.331 e. The van der Waals surface area contributed by atoms with Gasteiger partial charge in [-0.25, -0.2) is 4.79 Å². The summed E-state index contributed by atoms with van der Waals surface area (Å²) in [5.41, 5.74) is 0.0213. The molecule has 0 saturated heterocycles. The highest BCUT2D eigenvalue weighted by Gasteiger charge is 2.15. The number of fused-ring (bicyclic) bond motifs is 1. The number of hydrogen-bond acceptors (Lipinski definition) is 4. The number of Topliss-reactive ketones (excluding diaryl/α,β-unsaturated/α-hetero) is 1. The predicted octanol–water partition coefficient (Wildman–Crippen LogP) is 0.430. The third-order valence-corrected chi connectivity index (χ3v) is 3.79. The van der Waals surface area contributed by atoms with Gasteiger partial charge in [-0.3, -0.25) is 18.7 Å².